The Hall–Kier alpha value is -3.37. The lowest BCUT2D eigenvalue weighted by Gasteiger charge is -2.23. The molecule has 0 aliphatic carbocycles. The molecule has 1 aliphatic rings. The summed E-state index contributed by atoms with van der Waals surface area (Å²) in [4.78, 5) is 28.2. The number of Topliss-reactive ketones (excluding diaryl/α,β-unsaturated/α-hetero) is 1. The van der Waals surface area contributed by atoms with Gasteiger partial charge in [0.1, 0.15) is 11.5 Å². The van der Waals surface area contributed by atoms with Crippen molar-refractivity contribution < 1.29 is 19.4 Å². The predicted octanol–water partition coefficient (Wildman–Crippen LogP) is 7.55. The van der Waals surface area contributed by atoms with Crippen LogP contribution in [0.25, 0.3) is 5.76 Å². The van der Waals surface area contributed by atoms with Crippen molar-refractivity contribution in [3.05, 3.63) is 105 Å². The van der Waals surface area contributed by atoms with E-state index in [1.165, 1.54) is 28.0 Å². The van der Waals surface area contributed by atoms with Crippen LogP contribution in [0.2, 0.25) is 10.0 Å². The molecule has 1 aliphatic heterocycles. The van der Waals surface area contributed by atoms with E-state index in [-0.39, 0.29) is 16.5 Å². The first-order chi connectivity index (χ1) is 19.4. The van der Waals surface area contributed by atoms with E-state index in [1.807, 2.05) is 31.2 Å². The number of thioether (sulfide) groups is 1. The number of aliphatic hydroxyl groups is 1. The first-order valence-electron chi connectivity index (χ1n) is 12.4. The van der Waals surface area contributed by atoms with E-state index in [0.717, 1.165) is 12.0 Å². The van der Waals surface area contributed by atoms with Gasteiger partial charge in [-0.25, -0.2) is 0 Å². The number of rotatable bonds is 9. The topological polar surface area (TPSA) is 92.6 Å². The van der Waals surface area contributed by atoms with E-state index in [0.29, 0.717) is 43.6 Å². The van der Waals surface area contributed by atoms with E-state index in [9.17, 15) is 14.7 Å². The highest BCUT2D eigenvalue weighted by Crippen LogP contribution is 2.44. The largest absolute Gasteiger partial charge is 0.507 e. The van der Waals surface area contributed by atoms with Crippen molar-refractivity contribution in [3.8, 4) is 5.75 Å². The third-order valence-electron chi connectivity index (χ3n) is 6.12. The first kappa shape index (κ1) is 28.2. The summed E-state index contributed by atoms with van der Waals surface area (Å²) in [5, 5.41) is 21.2. The lowest BCUT2D eigenvalue weighted by atomic mass is 9.95. The highest BCUT2D eigenvalue weighted by atomic mass is 35.5. The Bertz CT molecular complexity index is 1590. The van der Waals surface area contributed by atoms with Gasteiger partial charge in [-0.3, -0.25) is 14.5 Å². The second-order valence-corrected chi connectivity index (χ2v) is 11.8. The Balaban J connectivity index is 1.55. The summed E-state index contributed by atoms with van der Waals surface area (Å²) in [6.07, 6.45) is 0.818. The number of carbonyl (C=O) groups is 2. The van der Waals surface area contributed by atoms with Gasteiger partial charge in [0, 0.05) is 21.4 Å². The number of hydrogen-bond acceptors (Lipinski definition) is 8. The zero-order valence-electron chi connectivity index (χ0n) is 21.2. The van der Waals surface area contributed by atoms with Gasteiger partial charge >= 0.3 is 5.91 Å². The Morgan fingerprint density at radius 3 is 2.58 bits per heavy atom. The molecule has 2 heterocycles. The molecule has 11 heteroatoms. The predicted molar refractivity (Wildman–Crippen MR) is 159 cm³/mol. The second-order valence-electron chi connectivity index (χ2n) is 8.83. The van der Waals surface area contributed by atoms with Crippen LogP contribution in [-0.4, -0.2) is 33.6 Å². The summed E-state index contributed by atoms with van der Waals surface area (Å²) in [6, 6.07) is 20.1. The Labute approximate surface area is 249 Å². The summed E-state index contributed by atoms with van der Waals surface area (Å²) in [5.41, 5.74) is 1.83. The third-order valence-corrected chi connectivity index (χ3v) is 8.85. The lowest BCUT2D eigenvalue weighted by Crippen LogP contribution is -2.29. The average molecular weight is 613 g/mol. The number of aliphatic hydroxyl groups excluding tert-OH is 1. The van der Waals surface area contributed by atoms with E-state index >= 15 is 0 Å². The van der Waals surface area contributed by atoms with Crippen LogP contribution in [0.4, 0.5) is 5.13 Å². The van der Waals surface area contributed by atoms with Gasteiger partial charge < -0.3 is 9.84 Å². The fraction of sp³-hybridized carbons (Fsp3) is 0.172. The maximum absolute atomic E-state index is 13.5. The minimum atomic E-state index is -0.949. The highest BCUT2D eigenvalue weighted by molar-refractivity contribution is 8.00. The molecule has 5 rings (SSSR count). The van der Waals surface area contributed by atoms with Gasteiger partial charge in [0.05, 0.1) is 18.2 Å². The SMILES string of the molecule is CCCOc1cccc(C2C(=C(O)c3ccc(Cl)cc3)C(=O)C(=O)N2c2nnc(SCc3ccccc3Cl)s2)c1. The monoisotopic (exact) mass is 611 g/mol. The number of hydrogen-bond donors (Lipinski definition) is 1. The van der Waals surface area contributed by atoms with Crippen molar-refractivity contribution in [2.45, 2.75) is 29.5 Å². The van der Waals surface area contributed by atoms with E-state index in [2.05, 4.69) is 10.2 Å². The standard InChI is InChI=1S/C29H23Cl2N3O4S2/c1-2-14-38-21-8-5-7-18(15-21)24-23(25(35)17-10-12-20(30)13-11-17)26(36)27(37)34(24)28-32-33-29(40-28)39-16-19-6-3-4-9-22(19)31/h3-13,15,24,35H,2,14,16H2,1H3. The van der Waals surface area contributed by atoms with E-state index < -0.39 is 17.7 Å². The molecule has 40 heavy (non-hydrogen) atoms. The van der Waals surface area contributed by atoms with Gasteiger partial charge in [-0.05, 0) is 60.0 Å². The zero-order chi connectivity index (χ0) is 28.2. The molecule has 1 fully saturated rings. The molecule has 1 saturated heterocycles. The fourth-order valence-corrected chi connectivity index (χ4v) is 6.50. The molecule has 3 aromatic carbocycles. The van der Waals surface area contributed by atoms with Crippen molar-refractivity contribution in [2.75, 3.05) is 11.5 Å². The third kappa shape index (κ3) is 5.88. The molecule has 204 valence electrons. The number of ether oxygens (including phenoxy) is 1. The summed E-state index contributed by atoms with van der Waals surface area (Å²) < 4.78 is 6.42. The van der Waals surface area contributed by atoms with Gasteiger partial charge in [0.15, 0.2) is 4.34 Å². The minimum Gasteiger partial charge on any atom is -0.507 e. The highest BCUT2D eigenvalue weighted by Gasteiger charge is 2.48. The van der Waals surface area contributed by atoms with Gasteiger partial charge in [0.2, 0.25) is 5.13 Å². The molecule has 1 aromatic heterocycles. The summed E-state index contributed by atoms with van der Waals surface area (Å²) in [7, 11) is 0. The van der Waals surface area contributed by atoms with Crippen molar-refractivity contribution >= 4 is 68.9 Å². The maximum Gasteiger partial charge on any atom is 0.301 e. The van der Waals surface area contributed by atoms with Crippen LogP contribution >= 0.6 is 46.3 Å². The Morgan fingerprint density at radius 1 is 1.05 bits per heavy atom. The number of ketones is 1. The van der Waals surface area contributed by atoms with Crippen molar-refractivity contribution in [1.29, 1.82) is 0 Å². The molecular weight excluding hydrogens is 589 g/mol. The zero-order valence-corrected chi connectivity index (χ0v) is 24.4. The van der Waals surface area contributed by atoms with Crippen LogP contribution in [0, 0.1) is 0 Å². The summed E-state index contributed by atoms with van der Waals surface area (Å²) in [6.45, 7) is 2.51. The van der Waals surface area contributed by atoms with Crippen molar-refractivity contribution in [3.63, 3.8) is 0 Å². The molecular formula is C29H23Cl2N3O4S2. The van der Waals surface area contributed by atoms with Crippen LogP contribution in [0.5, 0.6) is 5.75 Å². The molecule has 4 aromatic rings. The fourth-order valence-electron chi connectivity index (χ4n) is 4.22. The number of carbonyl (C=O) groups excluding carboxylic acids is 2. The number of halogens is 2. The number of anilines is 1. The normalized spacial score (nSPS) is 16.5. The van der Waals surface area contributed by atoms with Crippen LogP contribution in [-0.2, 0) is 15.3 Å². The van der Waals surface area contributed by atoms with E-state index in [4.69, 9.17) is 27.9 Å². The smallest absolute Gasteiger partial charge is 0.301 e. The number of nitrogens with zero attached hydrogens (tertiary/aromatic N) is 3. The second kappa shape index (κ2) is 12.4. The summed E-state index contributed by atoms with van der Waals surface area (Å²) >= 11 is 14.9. The lowest BCUT2D eigenvalue weighted by molar-refractivity contribution is -0.132. The van der Waals surface area contributed by atoms with Crippen LogP contribution in [0.1, 0.15) is 36.1 Å². The van der Waals surface area contributed by atoms with E-state index in [1.54, 1.807) is 48.5 Å². The summed E-state index contributed by atoms with van der Waals surface area (Å²) in [5.74, 6) is -0.786. The van der Waals surface area contributed by atoms with Gasteiger partial charge in [0.25, 0.3) is 5.78 Å². The quantitative estimate of drug-likeness (QED) is 0.0686. The van der Waals surface area contributed by atoms with Crippen LogP contribution in [0.3, 0.4) is 0 Å². The average Bonchev–Trinajstić information content (AvgIpc) is 3.53. The van der Waals surface area contributed by atoms with Crippen LogP contribution in [0.15, 0.2) is 82.7 Å². The van der Waals surface area contributed by atoms with Crippen molar-refractivity contribution in [1.82, 2.24) is 10.2 Å². The molecule has 0 spiro atoms. The molecule has 0 saturated carbocycles. The maximum atomic E-state index is 13.5. The molecule has 1 unspecified atom stereocenters. The van der Waals surface area contributed by atoms with Crippen molar-refractivity contribution in [2.24, 2.45) is 0 Å². The Kier molecular flexibility index (Phi) is 8.75. The van der Waals surface area contributed by atoms with Gasteiger partial charge in [-0.15, -0.1) is 10.2 Å². The minimum absolute atomic E-state index is 0.0552. The molecule has 0 bridgehead atoms. The molecule has 0 radical (unpaired) electrons. The molecule has 1 atom stereocenters. The van der Waals surface area contributed by atoms with Gasteiger partial charge in [-0.1, -0.05) is 83.6 Å². The number of amides is 1. The molecule has 1 N–H and O–H groups in total. The number of benzene rings is 3. The molecule has 1 amide bonds. The van der Waals surface area contributed by atoms with Gasteiger partial charge in [-0.2, -0.15) is 0 Å². The number of aromatic nitrogens is 2. The first-order valence-corrected chi connectivity index (χ1v) is 14.9. The van der Waals surface area contributed by atoms with Crippen LogP contribution < -0.4 is 9.64 Å². The molecule has 7 nitrogen and oxygen atoms in total. The Morgan fingerprint density at radius 2 is 1.82 bits per heavy atom.